The maximum atomic E-state index is 12.2. The van der Waals surface area contributed by atoms with Crippen LogP contribution < -0.4 is 10.6 Å². The lowest BCUT2D eigenvalue weighted by Crippen LogP contribution is -2.57. The van der Waals surface area contributed by atoms with E-state index < -0.39 is 10.8 Å². The van der Waals surface area contributed by atoms with Gasteiger partial charge in [0.25, 0.3) is 0 Å². The number of nitrogens with zero attached hydrogens (tertiary/aromatic N) is 1. The maximum Gasteiger partial charge on any atom is 0.243 e. The van der Waals surface area contributed by atoms with Crippen LogP contribution in [0.5, 0.6) is 0 Å². The minimum absolute atomic E-state index is 0.0756. The number of hydrogen-bond donors (Lipinski definition) is 2. The van der Waals surface area contributed by atoms with Crippen molar-refractivity contribution in [1.82, 2.24) is 15.6 Å². The number of aromatic nitrogens is 1. The Hall–Kier alpha value is -1.60. The molecule has 7 heteroatoms. The van der Waals surface area contributed by atoms with Gasteiger partial charge >= 0.3 is 0 Å². The quantitative estimate of drug-likeness (QED) is 0.800. The zero-order valence-corrected chi connectivity index (χ0v) is 15.4. The van der Waals surface area contributed by atoms with Crippen LogP contribution in [0.3, 0.4) is 0 Å². The Morgan fingerprint density at radius 1 is 1.42 bits per heavy atom. The Balaban J connectivity index is 1.43. The van der Waals surface area contributed by atoms with Gasteiger partial charge in [0.15, 0.2) is 0 Å². The van der Waals surface area contributed by atoms with Gasteiger partial charge in [-0.25, -0.2) is 4.98 Å². The molecule has 0 radical (unpaired) electrons. The molecule has 0 saturated carbocycles. The highest BCUT2D eigenvalue weighted by atomic mass is 32.2. The van der Waals surface area contributed by atoms with E-state index in [-0.39, 0.29) is 11.8 Å². The molecule has 1 saturated heterocycles. The molecule has 1 fully saturated rings. The predicted octanol–water partition coefficient (Wildman–Crippen LogP) is 2.36. The fourth-order valence-corrected chi connectivity index (χ4v) is 4.49. The summed E-state index contributed by atoms with van der Waals surface area (Å²) < 4.78 is 0.741. The van der Waals surface area contributed by atoms with Gasteiger partial charge in [0.2, 0.25) is 11.8 Å². The fourth-order valence-electron chi connectivity index (χ4n) is 2.47. The molecule has 2 amide bonds. The molecule has 3 rings (SSSR count). The van der Waals surface area contributed by atoms with Gasteiger partial charge in [0.05, 0.1) is 20.0 Å². The molecule has 0 spiro atoms. The number of benzene rings is 1. The summed E-state index contributed by atoms with van der Waals surface area (Å²) in [6, 6.07) is 7.66. The third kappa shape index (κ3) is 3.89. The Morgan fingerprint density at radius 2 is 2.21 bits per heavy atom. The number of carbonyl (C=O) groups excluding carboxylic acids is 2. The number of amides is 2. The van der Waals surface area contributed by atoms with E-state index in [4.69, 9.17) is 0 Å². The molecule has 2 heterocycles. The van der Waals surface area contributed by atoms with Crippen molar-refractivity contribution in [3.8, 4) is 0 Å². The molecule has 1 aromatic heterocycles. The first-order chi connectivity index (χ1) is 11.5. The van der Waals surface area contributed by atoms with Gasteiger partial charge in [-0.1, -0.05) is 12.1 Å². The zero-order chi connectivity index (χ0) is 17.2. The Kier molecular flexibility index (Phi) is 5.10. The van der Waals surface area contributed by atoms with Crippen molar-refractivity contribution >= 4 is 45.1 Å². The Bertz CT molecular complexity index is 724. The first kappa shape index (κ1) is 17.2. The monoisotopic (exact) mass is 363 g/mol. The standard InChI is InChI=1S/C17H21N3O2S2/c1-17(2)16(22)20-12(10-23-17)15(21)18-9-5-8-14-19-11-6-3-4-7-13(11)24-14/h3-4,6-7,12H,5,8-10H2,1-2H3,(H,18,21)(H,20,22)/t12-/m1/s1. The van der Waals surface area contributed by atoms with E-state index in [0.717, 1.165) is 23.4 Å². The second kappa shape index (κ2) is 7.11. The molecule has 0 aliphatic carbocycles. The number of para-hydroxylation sites is 1. The normalized spacial score (nSPS) is 19.9. The highest BCUT2D eigenvalue weighted by molar-refractivity contribution is 8.01. The SMILES string of the molecule is CC1(C)SC[C@H](C(=O)NCCCc2nc3ccccc3s2)NC1=O. The molecule has 24 heavy (non-hydrogen) atoms. The van der Waals surface area contributed by atoms with E-state index in [1.165, 1.54) is 16.5 Å². The van der Waals surface area contributed by atoms with E-state index in [1.54, 1.807) is 11.3 Å². The Morgan fingerprint density at radius 3 is 2.96 bits per heavy atom. The summed E-state index contributed by atoms with van der Waals surface area (Å²) in [6.07, 6.45) is 1.68. The van der Waals surface area contributed by atoms with E-state index >= 15 is 0 Å². The molecule has 2 N–H and O–H groups in total. The highest BCUT2D eigenvalue weighted by Crippen LogP contribution is 2.29. The molecule has 0 unspecified atom stereocenters. The zero-order valence-electron chi connectivity index (χ0n) is 13.8. The van der Waals surface area contributed by atoms with Crippen molar-refractivity contribution < 1.29 is 9.59 Å². The minimum atomic E-state index is -0.455. The maximum absolute atomic E-state index is 12.2. The summed E-state index contributed by atoms with van der Waals surface area (Å²) in [5.41, 5.74) is 1.03. The number of fused-ring (bicyclic) bond motifs is 1. The first-order valence-electron chi connectivity index (χ1n) is 8.03. The Labute approximate surface area is 149 Å². The van der Waals surface area contributed by atoms with Gasteiger partial charge in [-0.2, -0.15) is 0 Å². The van der Waals surface area contributed by atoms with Crippen molar-refractivity contribution in [2.45, 2.75) is 37.5 Å². The van der Waals surface area contributed by atoms with Crippen LogP contribution >= 0.6 is 23.1 Å². The molecule has 5 nitrogen and oxygen atoms in total. The molecular weight excluding hydrogens is 342 g/mol. The van der Waals surface area contributed by atoms with Gasteiger partial charge in [-0.15, -0.1) is 23.1 Å². The third-order valence-electron chi connectivity index (χ3n) is 3.98. The number of nitrogens with one attached hydrogen (secondary N) is 2. The molecule has 1 aliphatic heterocycles. The lowest BCUT2D eigenvalue weighted by Gasteiger charge is -2.32. The van der Waals surface area contributed by atoms with Crippen LogP contribution in [-0.4, -0.2) is 39.9 Å². The van der Waals surface area contributed by atoms with Crippen LogP contribution in [0.25, 0.3) is 10.2 Å². The summed E-state index contributed by atoms with van der Waals surface area (Å²) in [7, 11) is 0. The topological polar surface area (TPSA) is 71.1 Å². The smallest absolute Gasteiger partial charge is 0.243 e. The fraction of sp³-hybridized carbons (Fsp3) is 0.471. The van der Waals surface area contributed by atoms with Crippen LogP contribution in [0, 0.1) is 0 Å². The summed E-state index contributed by atoms with van der Waals surface area (Å²) in [4.78, 5) is 28.7. The molecule has 1 aromatic carbocycles. The van der Waals surface area contributed by atoms with E-state index in [0.29, 0.717) is 12.3 Å². The van der Waals surface area contributed by atoms with Gasteiger partial charge < -0.3 is 10.6 Å². The summed E-state index contributed by atoms with van der Waals surface area (Å²) >= 11 is 3.22. The van der Waals surface area contributed by atoms with E-state index in [1.807, 2.05) is 32.0 Å². The van der Waals surface area contributed by atoms with Crippen molar-refractivity contribution in [2.75, 3.05) is 12.3 Å². The number of thioether (sulfide) groups is 1. The van der Waals surface area contributed by atoms with Gasteiger partial charge in [-0.05, 0) is 32.4 Å². The first-order valence-corrected chi connectivity index (χ1v) is 9.83. The third-order valence-corrected chi connectivity index (χ3v) is 6.49. The lowest BCUT2D eigenvalue weighted by molar-refractivity contribution is -0.129. The van der Waals surface area contributed by atoms with Crippen LogP contribution in [0.4, 0.5) is 0 Å². The molecule has 1 aliphatic rings. The average molecular weight is 364 g/mol. The number of carbonyl (C=O) groups is 2. The van der Waals surface area contributed by atoms with Crippen molar-refractivity contribution in [1.29, 1.82) is 0 Å². The lowest BCUT2D eigenvalue weighted by atomic mass is 10.1. The molecular formula is C17H21N3O2S2. The van der Waals surface area contributed by atoms with Crippen LogP contribution in [-0.2, 0) is 16.0 Å². The number of thiazole rings is 1. The van der Waals surface area contributed by atoms with Crippen LogP contribution in [0.2, 0.25) is 0 Å². The van der Waals surface area contributed by atoms with Crippen LogP contribution in [0.15, 0.2) is 24.3 Å². The largest absolute Gasteiger partial charge is 0.354 e. The van der Waals surface area contributed by atoms with E-state index in [2.05, 4.69) is 21.7 Å². The second-order valence-corrected chi connectivity index (χ2v) is 9.08. The highest BCUT2D eigenvalue weighted by Gasteiger charge is 2.37. The molecule has 2 aromatic rings. The summed E-state index contributed by atoms with van der Waals surface area (Å²) in [5.74, 6) is 0.437. The molecule has 1 atom stereocenters. The predicted molar refractivity (Wildman–Crippen MR) is 99.4 cm³/mol. The van der Waals surface area contributed by atoms with Gasteiger partial charge in [0, 0.05) is 18.7 Å². The van der Waals surface area contributed by atoms with Crippen molar-refractivity contribution in [2.24, 2.45) is 0 Å². The van der Waals surface area contributed by atoms with Gasteiger partial charge in [0.1, 0.15) is 6.04 Å². The average Bonchev–Trinajstić information content (AvgIpc) is 2.96. The summed E-state index contributed by atoms with van der Waals surface area (Å²) in [5, 5.41) is 6.81. The number of aryl methyl sites for hydroxylation is 1. The number of rotatable bonds is 5. The molecule has 128 valence electrons. The van der Waals surface area contributed by atoms with Gasteiger partial charge in [-0.3, -0.25) is 9.59 Å². The van der Waals surface area contributed by atoms with Crippen molar-refractivity contribution in [3.63, 3.8) is 0 Å². The molecule has 0 bridgehead atoms. The van der Waals surface area contributed by atoms with Crippen molar-refractivity contribution in [3.05, 3.63) is 29.3 Å². The second-order valence-electron chi connectivity index (χ2n) is 6.32. The van der Waals surface area contributed by atoms with E-state index in [9.17, 15) is 9.59 Å². The minimum Gasteiger partial charge on any atom is -0.354 e. The van der Waals surface area contributed by atoms with Crippen LogP contribution in [0.1, 0.15) is 25.3 Å². The number of hydrogen-bond acceptors (Lipinski definition) is 5. The summed E-state index contributed by atoms with van der Waals surface area (Å²) in [6.45, 7) is 4.34.